The van der Waals surface area contributed by atoms with E-state index in [1.54, 1.807) is 16.7 Å². The van der Waals surface area contributed by atoms with E-state index in [4.69, 9.17) is 4.74 Å². The van der Waals surface area contributed by atoms with Crippen molar-refractivity contribution in [2.24, 2.45) is 7.05 Å². The van der Waals surface area contributed by atoms with Gasteiger partial charge in [0.2, 0.25) is 0 Å². The van der Waals surface area contributed by atoms with Gasteiger partial charge in [-0.1, -0.05) is 44.2 Å². The average Bonchev–Trinajstić information content (AvgIpc) is 3.45. The van der Waals surface area contributed by atoms with Gasteiger partial charge in [0.15, 0.2) is 5.78 Å². The molecule has 7 heteroatoms. The lowest BCUT2D eigenvalue weighted by atomic mass is 10.1. The van der Waals surface area contributed by atoms with Crippen LogP contribution in [0.15, 0.2) is 41.2 Å². The highest BCUT2D eigenvalue weighted by atomic mass is 16.5. The van der Waals surface area contributed by atoms with E-state index in [2.05, 4.69) is 5.32 Å². The maximum absolute atomic E-state index is 13.7. The maximum atomic E-state index is 13.7. The fraction of sp³-hybridized carbons (Fsp3) is 0.423. The lowest BCUT2D eigenvalue weighted by molar-refractivity contribution is 0.0850. The fourth-order valence-corrected chi connectivity index (χ4v) is 4.73. The summed E-state index contributed by atoms with van der Waals surface area (Å²) in [5.41, 5.74) is 3.05. The Hall–Kier alpha value is -3.19. The van der Waals surface area contributed by atoms with Gasteiger partial charge in [-0.05, 0) is 37.3 Å². The summed E-state index contributed by atoms with van der Waals surface area (Å²) in [6.07, 6.45) is 3.13. The molecule has 174 valence electrons. The molecule has 0 aliphatic carbocycles. The lowest BCUT2D eigenvalue weighted by Gasteiger charge is -2.13. The largest absolute Gasteiger partial charge is 0.376 e. The molecule has 7 nitrogen and oxygen atoms in total. The van der Waals surface area contributed by atoms with Gasteiger partial charge in [0, 0.05) is 31.5 Å². The van der Waals surface area contributed by atoms with Crippen molar-refractivity contribution in [1.29, 1.82) is 0 Å². The van der Waals surface area contributed by atoms with Crippen LogP contribution in [0.3, 0.4) is 0 Å². The first-order chi connectivity index (χ1) is 16.0. The Bertz CT molecular complexity index is 1230. The minimum Gasteiger partial charge on any atom is -0.376 e. The summed E-state index contributed by atoms with van der Waals surface area (Å²) in [5, 5.41) is 3.50. The lowest BCUT2D eigenvalue weighted by Crippen LogP contribution is -2.33. The molecule has 1 aromatic carbocycles. The van der Waals surface area contributed by atoms with Crippen molar-refractivity contribution in [3.8, 4) is 0 Å². The van der Waals surface area contributed by atoms with Crippen LogP contribution < -0.4 is 10.9 Å². The number of carbonyl (C=O) groups excluding carboxylic acids is 2. The summed E-state index contributed by atoms with van der Waals surface area (Å²) in [5.74, 6) is -0.319. The van der Waals surface area contributed by atoms with Crippen molar-refractivity contribution >= 4 is 22.6 Å². The van der Waals surface area contributed by atoms with Crippen molar-refractivity contribution in [3.05, 3.63) is 69.3 Å². The number of hydrogen-bond acceptors (Lipinski definition) is 4. The molecule has 1 aliphatic rings. The molecule has 0 spiro atoms. The number of carbonyl (C=O) groups is 2. The molecular formula is C26H31N3O4. The van der Waals surface area contributed by atoms with Crippen molar-refractivity contribution < 1.29 is 14.3 Å². The highest BCUT2D eigenvalue weighted by molar-refractivity contribution is 6.02. The molecule has 1 N–H and O–H groups in total. The number of nitrogens with zero attached hydrogens (tertiary/aromatic N) is 2. The van der Waals surface area contributed by atoms with Gasteiger partial charge in [-0.15, -0.1) is 0 Å². The topological polar surface area (TPSA) is 82.3 Å². The minimum absolute atomic E-state index is 0.0272. The van der Waals surface area contributed by atoms with E-state index in [9.17, 15) is 14.4 Å². The monoisotopic (exact) mass is 449 g/mol. The molecule has 1 fully saturated rings. The fourth-order valence-electron chi connectivity index (χ4n) is 4.73. The zero-order valence-electron chi connectivity index (χ0n) is 19.5. The van der Waals surface area contributed by atoms with Crippen LogP contribution in [-0.2, 0) is 31.2 Å². The number of aromatic nitrogens is 2. The van der Waals surface area contributed by atoms with Gasteiger partial charge in [-0.25, -0.2) is 0 Å². The molecule has 2 aromatic heterocycles. The second-order valence-electron chi connectivity index (χ2n) is 8.51. The molecule has 0 saturated carbocycles. The zero-order valence-corrected chi connectivity index (χ0v) is 19.5. The van der Waals surface area contributed by atoms with Crippen LogP contribution in [0.1, 0.15) is 58.8 Å². The van der Waals surface area contributed by atoms with E-state index in [0.717, 1.165) is 30.7 Å². The minimum atomic E-state index is -0.223. The number of Topliss-reactive ketones (excluding diaryl/α,β-unsaturated/α-hetero) is 1. The standard InChI is InChI=1S/C26H31N3O4/c1-4-18-14-21-23(26(32)29(18)16-22(30)17-10-7-6-8-11-17)20(5-2)24(28(21)3)25(31)27-15-19-12-9-13-33-19/h6-8,10-11,14,19H,4-5,9,12-13,15-16H2,1-3H3,(H,27,31). The first-order valence-corrected chi connectivity index (χ1v) is 11.7. The molecule has 3 aromatic rings. The van der Waals surface area contributed by atoms with Crippen LogP contribution in [0.4, 0.5) is 0 Å². The molecule has 1 amide bonds. The number of rotatable bonds is 8. The Morgan fingerprint density at radius 2 is 1.91 bits per heavy atom. The van der Waals surface area contributed by atoms with E-state index < -0.39 is 0 Å². The molecule has 1 unspecified atom stereocenters. The number of fused-ring (bicyclic) bond motifs is 1. The molecule has 33 heavy (non-hydrogen) atoms. The van der Waals surface area contributed by atoms with Crippen LogP contribution in [0, 0.1) is 0 Å². The van der Waals surface area contributed by atoms with Crippen molar-refractivity contribution in [2.45, 2.75) is 52.2 Å². The van der Waals surface area contributed by atoms with Crippen LogP contribution in [0.5, 0.6) is 0 Å². The van der Waals surface area contributed by atoms with Crippen molar-refractivity contribution in [2.75, 3.05) is 13.2 Å². The van der Waals surface area contributed by atoms with Crippen LogP contribution in [0.2, 0.25) is 0 Å². The van der Waals surface area contributed by atoms with E-state index in [0.29, 0.717) is 41.6 Å². The van der Waals surface area contributed by atoms with Gasteiger partial charge >= 0.3 is 0 Å². The Morgan fingerprint density at radius 1 is 1.15 bits per heavy atom. The van der Waals surface area contributed by atoms with Gasteiger partial charge in [0.05, 0.1) is 23.6 Å². The highest BCUT2D eigenvalue weighted by Gasteiger charge is 2.25. The summed E-state index contributed by atoms with van der Waals surface area (Å²) in [7, 11) is 1.82. The van der Waals surface area contributed by atoms with Crippen molar-refractivity contribution in [1.82, 2.24) is 14.5 Å². The predicted molar refractivity (Wildman–Crippen MR) is 128 cm³/mol. The van der Waals surface area contributed by atoms with Gasteiger partial charge in [0.1, 0.15) is 5.69 Å². The third-order valence-electron chi connectivity index (χ3n) is 6.49. The first-order valence-electron chi connectivity index (χ1n) is 11.7. The Labute approximate surface area is 193 Å². The zero-order chi connectivity index (χ0) is 23.5. The van der Waals surface area contributed by atoms with E-state index in [1.807, 2.05) is 49.7 Å². The van der Waals surface area contributed by atoms with E-state index >= 15 is 0 Å². The Morgan fingerprint density at radius 3 is 2.55 bits per heavy atom. The molecule has 0 bridgehead atoms. The van der Waals surface area contributed by atoms with Gasteiger partial charge < -0.3 is 19.2 Å². The predicted octanol–water partition coefficient (Wildman–Crippen LogP) is 3.26. The van der Waals surface area contributed by atoms with Crippen LogP contribution in [0.25, 0.3) is 10.9 Å². The third-order valence-corrected chi connectivity index (χ3v) is 6.49. The Kier molecular flexibility index (Phi) is 6.79. The average molecular weight is 450 g/mol. The van der Waals surface area contributed by atoms with Gasteiger partial charge in [-0.3, -0.25) is 14.4 Å². The Balaban J connectivity index is 1.75. The maximum Gasteiger partial charge on any atom is 0.268 e. The quantitative estimate of drug-likeness (QED) is 0.535. The smallest absolute Gasteiger partial charge is 0.268 e. The van der Waals surface area contributed by atoms with E-state index in [-0.39, 0.29) is 29.9 Å². The van der Waals surface area contributed by atoms with Crippen molar-refractivity contribution in [3.63, 3.8) is 0 Å². The number of nitrogens with one attached hydrogen (secondary N) is 1. The number of pyridine rings is 1. The second-order valence-corrected chi connectivity index (χ2v) is 8.51. The number of aryl methyl sites for hydroxylation is 3. The molecule has 1 atom stereocenters. The summed E-state index contributed by atoms with van der Waals surface area (Å²) in [4.78, 5) is 39.7. The summed E-state index contributed by atoms with van der Waals surface area (Å²) < 4.78 is 8.99. The molecule has 0 radical (unpaired) electrons. The number of amides is 1. The van der Waals surface area contributed by atoms with Gasteiger partial charge in [-0.2, -0.15) is 0 Å². The SMILES string of the molecule is CCc1c(C(=O)NCC2CCCO2)n(C)c2cc(CC)n(CC(=O)c3ccccc3)c(=O)c12. The normalized spacial score (nSPS) is 15.8. The van der Waals surface area contributed by atoms with Crippen LogP contribution >= 0.6 is 0 Å². The molecule has 1 aliphatic heterocycles. The summed E-state index contributed by atoms with van der Waals surface area (Å²) in [6.45, 7) is 5.07. The summed E-state index contributed by atoms with van der Waals surface area (Å²) in [6, 6.07) is 10.9. The van der Waals surface area contributed by atoms with Crippen LogP contribution in [-0.4, -0.2) is 40.1 Å². The molecule has 3 heterocycles. The molecule has 1 saturated heterocycles. The molecular weight excluding hydrogens is 418 g/mol. The second kappa shape index (κ2) is 9.75. The number of benzene rings is 1. The summed E-state index contributed by atoms with van der Waals surface area (Å²) >= 11 is 0. The number of ketones is 1. The number of hydrogen-bond donors (Lipinski definition) is 1. The van der Waals surface area contributed by atoms with Gasteiger partial charge in [0.25, 0.3) is 11.5 Å². The molecule has 4 rings (SSSR count). The first kappa shape index (κ1) is 23.0. The number of ether oxygens (including phenoxy) is 1. The highest BCUT2D eigenvalue weighted by Crippen LogP contribution is 2.25. The van der Waals surface area contributed by atoms with E-state index in [1.165, 1.54) is 0 Å². The third kappa shape index (κ3) is 4.37.